The third-order valence-electron chi connectivity index (χ3n) is 5.33. The van der Waals surface area contributed by atoms with Crippen LogP contribution in [-0.4, -0.2) is 49.7 Å². The lowest BCUT2D eigenvalue weighted by Gasteiger charge is -2.30. The zero-order valence-corrected chi connectivity index (χ0v) is 16.4. The van der Waals surface area contributed by atoms with Crippen LogP contribution in [0, 0.1) is 0 Å². The van der Waals surface area contributed by atoms with Crippen molar-refractivity contribution in [1.82, 2.24) is 9.88 Å². The Labute approximate surface area is 169 Å². The van der Waals surface area contributed by atoms with Gasteiger partial charge in [-0.05, 0) is 17.7 Å². The molecule has 0 bridgehead atoms. The molecular weight excluding hydrogens is 368 g/mol. The summed E-state index contributed by atoms with van der Waals surface area (Å²) in [5, 5.41) is 4.04. The summed E-state index contributed by atoms with van der Waals surface area (Å²) in [7, 11) is 1.31. The van der Waals surface area contributed by atoms with E-state index in [1.807, 2.05) is 53.1 Å². The normalized spacial score (nSPS) is 14.2. The first-order valence-electron chi connectivity index (χ1n) is 9.64. The van der Waals surface area contributed by atoms with E-state index in [2.05, 4.69) is 10.2 Å². The van der Waals surface area contributed by atoms with Crippen molar-refractivity contribution < 1.29 is 14.3 Å². The van der Waals surface area contributed by atoms with Gasteiger partial charge in [-0.15, -0.1) is 0 Å². The second-order valence-corrected chi connectivity index (χ2v) is 7.06. The van der Waals surface area contributed by atoms with Crippen LogP contribution in [0.2, 0.25) is 0 Å². The first-order chi connectivity index (χ1) is 14.1. The smallest absolute Gasteiger partial charge is 0.355 e. The maximum absolute atomic E-state index is 12.7. The molecule has 0 aliphatic carbocycles. The molecule has 150 valence electrons. The molecule has 1 saturated heterocycles. The molecule has 0 saturated carbocycles. The minimum atomic E-state index is -0.634. The number of primary amides is 1. The van der Waals surface area contributed by atoms with Crippen LogP contribution in [-0.2, 0) is 11.3 Å². The average Bonchev–Trinajstić information content (AvgIpc) is 3.09. The van der Waals surface area contributed by atoms with Gasteiger partial charge < -0.3 is 25.3 Å². The molecule has 7 heteroatoms. The molecule has 2 aromatic carbocycles. The van der Waals surface area contributed by atoms with Crippen molar-refractivity contribution in [2.45, 2.75) is 6.54 Å². The molecule has 1 fully saturated rings. The van der Waals surface area contributed by atoms with E-state index < -0.39 is 11.9 Å². The van der Waals surface area contributed by atoms with Gasteiger partial charge in [0.15, 0.2) is 0 Å². The van der Waals surface area contributed by atoms with E-state index in [4.69, 9.17) is 10.5 Å². The van der Waals surface area contributed by atoms with E-state index in [0.29, 0.717) is 11.9 Å². The maximum Gasteiger partial charge on any atom is 0.355 e. The van der Waals surface area contributed by atoms with Gasteiger partial charge in [-0.1, -0.05) is 36.4 Å². The Morgan fingerprint density at radius 1 is 1.07 bits per heavy atom. The van der Waals surface area contributed by atoms with Crippen LogP contribution in [0.15, 0.2) is 48.5 Å². The van der Waals surface area contributed by atoms with Crippen LogP contribution in [0.25, 0.3) is 10.9 Å². The number of amides is 1. The number of aromatic nitrogens is 1. The number of anilines is 1. The van der Waals surface area contributed by atoms with Crippen LogP contribution >= 0.6 is 0 Å². The van der Waals surface area contributed by atoms with Crippen LogP contribution in [0.5, 0.6) is 0 Å². The number of hydrogen-bond acceptors (Lipinski definition) is 5. The van der Waals surface area contributed by atoms with Crippen molar-refractivity contribution in [2.24, 2.45) is 5.73 Å². The average molecular weight is 392 g/mol. The van der Waals surface area contributed by atoms with Gasteiger partial charge in [-0.3, -0.25) is 4.79 Å². The van der Waals surface area contributed by atoms with E-state index in [1.165, 1.54) is 7.11 Å². The number of benzene rings is 2. The summed E-state index contributed by atoms with van der Waals surface area (Å²) in [5.74, 6) is -1.21. The number of piperazine rings is 1. The molecule has 7 nitrogen and oxygen atoms in total. The second-order valence-electron chi connectivity index (χ2n) is 7.06. The molecule has 3 N–H and O–H groups in total. The summed E-state index contributed by atoms with van der Waals surface area (Å²) in [6.07, 6.45) is 0. The number of nitrogens with one attached hydrogen (secondary N) is 1. The molecular formula is C22H24N4O3. The van der Waals surface area contributed by atoms with Crippen LogP contribution in [0.3, 0.4) is 0 Å². The molecule has 1 amide bonds. The largest absolute Gasteiger partial charge is 0.464 e. The fourth-order valence-electron chi connectivity index (χ4n) is 4.03. The molecule has 29 heavy (non-hydrogen) atoms. The second kappa shape index (κ2) is 7.97. The minimum Gasteiger partial charge on any atom is -0.464 e. The minimum absolute atomic E-state index is 0.196. The van der Waals surface area contributed by atoms with Gasteiger partial charge in [0.05, 0.1) is 18.2 Å². The van der Waals surface area contributed by atoms with Gasteiger partial charge in [0, 0.05) is 43.8 Å². The molecule has 2 heterocycles. The van der Waals surface area contributed by atoms with Crippen molar-refractivity contribution in [1.29, 1.82) is 0 Å². The number of hydrogen-bond donors (Lipinski definition) is 2. The fourth-order valence-corrected chi connectivity index (χ4v) is 4.03. The summed E-state index contributed by atoms with van der Waals surface area (Å²) in [4.78, 5) is 27.5. The topological polar surface area (TPSA) is 89.6 Å². The van der Waals surface area contributed by atoms with Crippen molar-refractivity contribution in [3.63, 3.8) is 0 Å². The highest BCUT2D eigenvalue weighted by Gasteiger charge is 2.29. The fraction of sp³-hybridized carbons (Fsp3) is 0.273. The predicted octanol–water partition coefficient (Wildman–Crippen LogP) is 1.98. The van der Waals surface area contributed by atoms with Gasteiger partial charge in [0.2, 0.25) is 0 Å². The highest BCUT2D eigenvalue weighted by Crippen LogP contribution is 2.35. The summed E-state index contributed by atoms with van der Waals surface area (Å²) in [5.41, 5.74) is 8.92. The number of carbonyl (C=O) groups is 2. The SMILES string of the molecule is COC(=O)c1c(C(N)=O)c2c(N3CCNCC3)cccc2n1Cc1ccccc1. The highest BCUT2D eigenvalue weighted by atomic mass is 16.5. The van der Waals surface area contributed by atoms with Crippen molar-refractivity contribution in [3.05, 3.63) is 65.4 Å². The quantitative estimate of drug-likeness (QED) is 0.648. The Morgan fingerprint density at radius 3 is 2.45 bits per heavy atom. The Bertz CT molecular complexity index is 1050. The van der Waals surface area contributed by atoms with Gasteiger partial charge >= 0.3 is 5.97 Å². The summed E-state index contributed by atoms with van der Waals surface area (Å²) >= 11 is 0. The Hall–Kier alpha value is -3.32. The Kier molecular flexibility index (Phi) is 5.22. The van der Waals surface area contributed by atoms with Crippen molar-refractivity contribution in [3.8, 4) is 0 Å². The summed E-state index contributed by atoms with van der Waals surface area (Å²) in [6.45, 7) is 3.78. The van der Waals surface area contributed by atoms with E-state index in [1.54, 1.807) is 0 Å². The number of nitrogens with two attached hydrogens (primary N) is 1. The monoisotopic (exact) mass is 392 g/mol. The number of ether oxygens (including phenoxy) is 1. The predicted molar refractivity (Wildman–Crippen MR) is 112 cm³/mol. The van der Waals surface area contributed by atoms with Crippen molar-refractivity contribution >= 4 is 28.5 Å². The van der Waals surface area contributed by atoms with Crippen LogP contribution < -0.4 is 16.0 Å². The molecule has 0 atom stereocenters. The molecule has 0 unspecified atom stereocenters. The molecule has 1 aliphatic rings. The molecule has 3 aromatic rings. The first kappa shape index (κ1) is 19.0. The molecule has 0 spiro atoms. The lowest BCUT2D eigenvalue weighted by Crippen LogP contribution is -2.43. The number of nitrogens with zero attached hydrogens (tertiary/aromatic N) is 2. The Morgan fingerprint density at radius 2 is 1.79 bits per heavy atom. The van der Waals surface area contributed by atoms with Gasteiger partial charge in [-0.2, -0.15) is 0 Å². The number of fused-ring (bicyclic) bond motifs is 1. The van der Waals surface area contributed by atoms with Gasteiger partial charge in [-0.25, -0.2) is 4.79 Å². The zero-order valence-electron chi connectivity index (χ0n) is 16.4. The van der Waals surface area contributed by atoms with E-state index in [0.717, 1.165) is 42.9 Å². The highest BCUT2D eigenvalue weighted by molar-refractivity contribution is 6.17. The molecule has 1 aliphatic heterocycles. The first-order valence-corrected chi connectivity index (χ1v) is 9.64. The molecule has 0 radical (unpaired) electrons. The number of methoxy groups -OCH3 is 1. The third kappa shape index (κ3) is 3.45. The van der Waals surface area contributed by atoms with Gasteiger partial charge in [0.25, 0.3) is 5.91 Å². The lowest BCUT2D eigenvalue weighted by molar-refractivity contribution is 0.0586. The van der Waals surface area contributed by atoms with Gasteiger partial charge in [0.1, 0.15) is 5.69 Å². The van der Waals surface area contributed by atoms with E-state index in [-0.39, 0.29) is 11.3 Å². The van der Waals surface area contributed by atoms with Crippen molar-refractivity contribution in [2.75, 3.05) is 38.2 Å². The number of carbonyl (C=O) groups excluding carboxylic acids is 2. The van der Waals surface area contributed by atoms with Crippen LogP contribution in [0.4, 0.5) is 5.69 Å². The molecule has 4 rings (SSSR count). The zero-order chi connectivity index (χ0) is 20.4. The molecule has 1 aromatic heterocycles. The third-order valence-corrected chi connectivity index (χ3v) is 5.33. The van der Waals surface area contributed by atoms with E-state index in [9.17, 15) is 9.59 Å². The van der Waals surface area contributed by atoms with Crippen LogP contribution in [0.1, 0.15) is 26.4 Å². The summed E-state index contributed by atoms with van der Waals surface area (Å²) < 4.78 is 6.86. The standard InChI is InChI=1S/C22H24N4O3/c1-29-22(28)20-19(21(23)27)18-16(25-12-10-24-11-13-25)8-5-9-17(18)26(20)14-15-6-3-2-4-7-15/h2-9,24H,10-14H2,1H3,(H2,23,27). The Balaban J connectivity index is 1.99. The number of rotatable bonds is 5. The summed E-state index contributed by atoms with van der Waals surface area (Å²) in [6, 6.07) is 15.6. The van der Waals surface area contributed by atoms with E-state index >= 15 is 0 Å². The number of esters is 1. The lowest BCUT2D eigenvalue weighted by atomic mass is 10.1. The maximum atomic E-state index is 12.7.